The van der Waals surface area contributed by atoms with Crippen molar-refractivity contribution in [2.24, 2.45) is 0 Å². The van der Waals surface area contributed by atoms with Gasteiger partial charge in [-0.3, -0.25) is 4.98 Å². The van der Waals surface area contributed by atoms with Crippen LogP contribution in [0.15, 0.2) is 54.7 Å². The summed E-state index contributed by atoms with van der Waals surface area (Å²) in [7, 11) is 1.64. The number of pyridine rings is 1. The Morgan fingerprint density at radius 2 is 1.87 bits per heavy atom. The van der Waals surface area contributed by atoms with Gasteiger partial charge in [-0.25, -0.2) is 4.79 Å². The zero-order valence-corrected chi connectivity index (χ0v) is 17.8. The summed E-state index contributed by atoms with van der Waals surface area (Å²) in [5.74, 6) is 1.45. The third-order valence-electron chi connectivity index (χ3n) is 5.63. The number of nitrogens with zero attached hydrogens (tertiary/aromatic N) is 2. The Bertz CT molecular complexity index is 1100. The predicted molar refractivity (Wildman–Crippen MR) is 119 cm³/mol. The van der Waals surface area contributed by atoms with Crippen LogP contribution >= 0.6 is 0 Å². The number of carbonyl (C=O) groups is 1. The third-order valence-corrected chi connectivity index (χ3v) is 5.63. The van der Waals surface area contributed by atoms with E-state index in [1.807, 2.05) is 37.3 Å². The van der Waals surface area contributed by atoms with E-state index >= 15 is 0 Å². The molecule has 0 saturated heterocycles. The van der Waals surface area contributed by atoms with E-state index in [0.717, 1.165) is 40.3 Å². The average molecular weight is 418 g/mol. The summed E-state index contributed by atoms with van der Waals surface area (Å²) in [6.45, 7) is 3.43. The molecule has 0 spiro atoms. The molecule has 1 aliphatic heterocycles. The lowest BCUT2D eigenvalue weighted by Gasteiger charge is -2.15. The average Bonchev–Trinajstić information content (AvgIpc) is 3.00. The minimum absolute atomic E-state index is 0.361. The van der Waals surface area contributed by atoms with Crippen molar-refractivity contribution in [2.75, 3.05) is 20.2 Å². The molecule has 3 aromatic rings. The molecular weight excluding hydrogens is 392 g/mol. The van der Waals surface area contributed by atoms with E-state index in [1.165, 1.54) is 16.0 Å². The number of rotatable bonds is 5. The van der Waals surface area contributed by atoms with Crippen LogP contribution in [0.5, 0.6) is 11.5 Å². The number of aromatic nitrogens is 1. The van der Waals surface area contributed by atoms with Crippen LogP contribution < -0.4 is 9.47 Å². The Labute approximate surface area is 182 Å². The van der Waals surface area contributed by atoms with Gasteiger partial charge in [-0.15, -0.1) is 0 Å². The van der Waals surface area contributed by atoms with E-state index in [0.29, 0.717) is 26.1 Å². The number of aryl methyl sites for hydroxylation is 1. The lowest BCUT2D eigenvalue weighted by molar-refractivity contribution is 0.147. The van der Waals surface area contributed by atoms with Crippen molar-refractivity contribution in [2.45, 2.75) is 26.4 Å². The van der Waals surface area contributed by atoms with Crippen molar-refractivity contribution in [1.29, 1.82) is 0 Å². The van der Waals surface area contributed by atoms with Crippen LogP contribution in [0.4, 0.5) is 4.79 Å². The van der Waals surface area contributed by atoms with Gasteiger partial charge in [-0.05, 0) is 66.3 Å². The quantitative estimate of drug-likeness (QED) is 0.649. The molecule has 2 heterocycles. The van der Waals surface area contributed by atoms with Gasteiger partial charge in [-0.2, -0.15) is 0 Å². The van der Waals surface area contributed by atoms with Crippen molar-refractivity contribution >= 4 is 6.09 Å². The SMILES string of the molecule is COc1ccc(-c2ccc3c(c2)CCN(C(=O)O)CC3)c(OCc2cc(C)ccn2)c1. The van der Waals surface area contributed by atoms with Crippen molar-refractivity contribution in [3.8, 4) is 22.6 Å². The Kier molecular flexibility index (Phi) is 6.07. The summed E-state index contributed by atoms with van der Waals surface area (Å²) in [5.41, 5.74) is 6.40. The maximum atomic E-state index is 11.4. The van der Waals surface area contributed by atoms with Gasteiger partial charge in [0.1, 0.15) is 18.1 Å². The monoisotopic (exact) mass is 418 g/mol. The minimum Gasteiger partial charge on any atom is -0.497 e. The highest BCUT2D eigenvalue weighted by molar-refractivity contribution is 5.73. The maximum Gasteiger partial charge on any atom is 0.407 e. The topological polar surface area (TPSA) is 71.9 Å². The second-order valence-electron chi connectivity index (χ2n) is 7.73. The largest absolute Gasteiger partial charge is 0.497 e. The van der Waals surface area contributed by atoms with Gasteiger partial charge < -0.3 is 19.5 Å². The lowest BCUT2D eigenvalue weighted by atomic mass is 9.96. The standard InChI is InChI=1S/C25H26N2O4/c1-17-7-10-26-21(13-17)16-31-24-15-22(30-2)5-6-23(24)20-4-3-18-8-11-27(25(28)29)12-9-19(18)14-20/h3-7,10,13-15H,8-9,11-12,16H2,1-2H3,(H,28,29). The van der Waals surface area contributed by atoms with E-state index in [1.54, 1.807) is 13.3 Å². The van der Waals surface area contributed by atoms with Crippen molar-refractivity contribution in [1.82, 2.24) is 9.88 Å². The Morgan fingerprint density at radius 1 is 1.06 bits per heavy atom. The number of amides is 1. The number of carboxylic acid groups (broad SMARTS) is 1. The molecule has 2 aromatic carbocycles. The number of benzene rings is 2. The smallest absolute Gasteiger partial charge is 0.407 e. The van der Waals surface area contributed by atoms with Gasteiger partial charge >= 0.3 is 6.09 Å². The van der Waals surface area contributed by atoms with Crippen molar-refractivity contribution in [3.05, 3.63) is 77.1 Å². The first-order valence-corrected chi connectivity index (χ1v) is 10.4. The molecular formula is C25H26N2O4. The van der Waals surface area contributed by atoms with Crippen LogP contribution in [0.3, 0.4) is 0 Å². The molecule has 0 saturated carbocycles. The van der Waals surface area contributed by atoms with Crippen LogP contribution in [-0.4, -0.2) is 41.3 Å². The molecule has 0 bridgehead atoms. The summed E-state index contributed by atoms with van der Waals surface area (Å²) < 4.78 is 11.6. The third kappa shape index (κ3) is 4.79. The minimum atomic E-state index is -0.858. The first-order valence-electron chi connectivity index (χ1n) is 10.4. The second kappa shape index (κ2) is 9.08. The summed E-state index contributed by atoms with van der Waals surface area (Å²) in [6.07, 6.45) is 2.36. The molecule has 1 aromatic heterocycles. The van der Waals surface area contributed by atoms with Gasteiger partial charge in [0.25, 0.3) is 0 Å². The first-order chi connectivity index (χ1) is 15.0. The van der Waals surface area contributed by atoms with E-state index < -0.39 is 6.09 Å². The molecule has 1 N–H and O–H groups in total. The predicted octanol–water partition coefficient (Wildman–Crippen LogP) is 4.72. The van der Waals surface area contributed by atoms with Crippen LogP contribution in [-0.2, 0) is 19.4 Å². The highest BCUT2D eigenvalue weighted by Crippen LogP contribution is 2.35. The summed E-state index contributed by atoms with van der Waals surface area (Å²) in [4.78, 5) is 17.2. The van der Waals surface area contributed by atoms with Crippen LogP contribution in [0.2, 0.25) is 0 Å². The Balaban J connectivity index is 1.63. The zero-order chi connectivity index (χ0) is 21.8. The van der Waals surface area contributed by atoms with Gasteiger partial charge in [0.2, 0.25) is 0 Å². The van der Waals surface area contributed by atoms with Gasteiger partial charge in [0.05, 0.1) is 12.8 Å². The summed E-state index contributed by atoms with van der Waals surface area (Å²) >= 11 is 0. The molecule has 0 unspecified atom stereocenters. The number of fused-ring (bicyclic) bond motifs is 1. The number of ether oxygens (including phenoxy) is 2. The summed E-state index contributed by atoms with van der Waals surface area (Å²) in [6, 6.07) is 16.1. The molecule has 1 aliphatic rings. The van der Waals surface area contributed by atoms with Gasteiger partial charge in [0.15, 0.2) is 0 Å². The fourth-order valence-corrected chi connectivity index (χ4v) is 3.90. The number of hydrogen-bond donors (Lipinski definition) is 1. The fraction of sp³-hybridized carbons (Fsp3) is 0.280. The molecule has 1 amide bonds. The Morgan fingerprint density at radius 3 is 2.61 bits per heavy atom. The maximum absolute atomic E-state index is 11.4. The molecule has 31 heavy (non-hydrogen) atoms. The molecule has 160 valence electrons. The lowest BCUT2D eigenvalue weighted by Crippen LogP contribution is -2.31. The zero-order valence-electron chi connectivity index (χ0n) is 17.8. The second-order valence-corrected chi connectivity index (χ2v) is 7.73. The molecule has 0 fully saturated rings. The Hall–Kier alpha value is -3.54. The van der Waals surface area contributed by atoms with E-state index in [2.05, 4.69) is 23.2 Å². The van der Waals surface area contributed by atoms with Crippen LogP contribution in [0, 0.1) is 6.92 Å². The van der Waals surface area contributed by atoms with Crippen molar-refractivity contribution < 1.29 is 19.4 Å². The molecule has 6 heteroatoms. The van der Waals surface area contributed by atoms with Crippen molar-refractivity contribution in [3.63, 3.8) is 0 Å². The van der Waals surface area contributed by atoms with E-state index in [4.69, 9.17) is 9.47 Å². The molecule has 0 aliphatic carbocycles. The highest BCUT2D eigenvalue weighted by atomic mass is 16.5. The molecule has 6 nitrogen and oxygen atoms in total. The van der Waals surface area contributed by atoms with Gasteiger partial charge in [-0.1, -0.05) is 18.2 Å². The normalized spacial score (nSPS) is 13.3. The van der Waals surface area contributed by atoms with E-state index in [-0.39, 0.29) is 0 Å². The molecule has 4 rings (SSSR count). The van der Waals surface area contributed by atoms with Crippen LogP contribution in [0.1, 0.15) is 22.4 Å². The van der Waals surface area contributed by atoms with E-state index in [9.17, 15) is 9.90 Å². The molecule has 0 radical (unpaired) electrons. The number of hydrogen-bond acceptors (Lipinski definition) is 4. The summed E-state index contributed by atoms with van der Waals surface area (Å²) in [5, 5.41) is 9.32. The van der Waals surface area contributed by atoms with Gasteiger partial charge in [0, 0.05) is 30.9 Å². The first kappa shape index (κ1) is 20.7. The number of methoxy groups -OCH3 is 1. The van der Waals surface area contributed by atoms with Crippen LogP contribution in [0.25, 0.3) is 11.1 Å². The molecule has 0 atom stereocenters. The highest BCUT2D eigenvalue weighted by Gasteiger charge is 2.19. The fourth-order valence-electron chi connectivity index (χ4n) is 3.90.